The first-order valence-corrected chi connectivity index (χ1v) is 23.1. The molecule has 3 saturated carbocycles. The average Bonchev–Trinajstić information content (AvgIpc) is 3.97. The second-order valence-corrected chi connectivity index (χ2v) is 19.3. The molecule has 336 valence electrons. The number of nitrogens with zero attached hydrogens (tertiary/aromatic N) is 1. The zero-order chi connectivity index (χ0) is 42.1. The molecule has 0 amide bonds. The van der Waals surface area contributed by atoms with Gasteiger partial charge in [-0.15, -0.1) is 0 Å². The molecule has 3 saturated heterocycles. The van der Waals surface area contributed by atoms with Crippen LogP contribution in [0.15, 0.2) is 11.6 Å². The van der Waals surface area contributed by atoms with Gasteiger partial charge in [0.1, 0.15) is 24.4 Å². The summed E-state index contributed by atoms with van der Waals surface area (Å²) in [5.41, 5.74) is 0.699. The molecule has 0 aromatic heterocycles. The number of Topliss-reactive ketones (excluding diaryl/α,β-unsaturated/α-hetero) is 1. The molecule has 3 aliphatic heterocycles. The number of hydrogen-bond acceptors (Lipinski definition) is 13. The van der Waals surface area contributed by atoms with E-state index in [0.29, 0.717) is 37.3 Å². The summed E-state index contributed by atoms with van der Waals surface area (Å²) in [6.07, 6.45) is 8.68. The lowest BCUT2D eigenvalue weighted by Crippen LogP contribution is -2.60. The molecule has 4 aliphatic carbocycles. The van der Waals surface area contributed by atoms with Gasteiger partial charge >= 0.3 is 5.97 Å². The SMILES string of the molecule is CC[C@H]1CCC[C@H](O[C@H]2CC[C@H](N(C)C)C(C)O2)[C@@H](C)C(=O)C2=C[C@H]3[C@@H]4C[C@H](O[C@@H]5OC(C)[C@H](OC)C(OC)[C@@H]5OC)C[C@H]4[C@@H](O)[C@H](NC4CCCC4)[C@H]3[C@@H]2CC(=O)O1. The Morgan fingerprint density at radius 2 is 1.54 bits per heavy atom. The summed E-state index contributed by atoms with van der Waals surface area (Å²) in [6.45, 7) is 8.14. The fraction of sp³-hybridized carbons (Fsp3) is 0.913. The Morgan fingerprint density at radius 3 is 2.20 bits per heavy atom. The Morgan fingerprint density at radius 1 is 0.831 bits per heavy atom. The number of carbonyl (C=O) groups excluding carboxylic acids is 2. The first kappa shape index (κ1) is 45.5. The van der Waals surface area contributed by atoms with Gasteiger partial charge < -0.3 is 53.2 Å². The number of rotatable bonds is 11. The van der Waals surface area contributed by atoms with Crippen molar-refractivity contribution in [2.24, 2.45) is 35.5 Å². The van der Waals surface area contributed by atoms with Crippen LogP contribution in [0.1, 0.15) is 111 Å². The number of hydrogen-bond donors (Lipinski definition) is 2. The first-order valence-electron chi connectivity index (χ1n) is 23.1. The standard InChI is InChI=1S/C46H76N2O11/c1-10-28-16-13-17-36(59-38-19-18-35(48(5)6)25(3)55-38)24(2)41(50)34-22-31-30-20-29(58-46-45(54-9)44(53-8)43(52-7)26(4)56-46)21-33(30)42(51)40(47-27-14-11-12-15-27)39(31)32(34)23-37(49)57-28/h22,24-33,35-36,38-40,42-47,51H,10-21,23H2,1-9H3/t24-,25?,26?,28+,29+,30+,31+,32-,33-,35+,36+,38+,39-,40-,42-,43+,44?,45+,46+/m1/s1. The number of aliphatic hydroxyl groups excluding tert-OH is 1. The smallest absolute Gasteiger partial charge is 0.306 e. The van der Waals surface area contributed by atoms with E-state index in [1.165, 1.54) is 0 Å². The van der Waals surface area contributed by atoms with Crippen LogP contribution in [0.25, 0.3) is 0 Å². The van der Waals surface area contributed by atoms with E-state index in [1.54, 1.807) is 21.3 Å². The summed E-state index contributed by atoms with van der Waals surface area (Å²) in [4.78, 5) is 31.3. The number of aliphatic hydroxyl groups is 1. The number of fused-ring (bicyclic) bond motifs is 5. The van der Waals surface area contributed by atoms with Gasteiger partial charge in [0.15, 0.2) is 18.4 Å². The summed E-state index contributed by atoms with van der Waals surface area (Å²) in [7, 11) is 9.11. The Balaban J connectivity index is 1.18. The lowest BCUT2D eigenvalue weighted by atomic mass is 9.62. The molecule has 3 heterocycles. The highest BCUT2D eigenvalue weighted by Crippen LogP contribution is 2.57. The van der Waals surface area contributed by atoms with Crippen LogP contribution in [-0.2, 0) is 47.5 Å². The average molecular weight is 833 g/mol. The number of cyclic esters (lactones) is 1. The highest BCUT2D eigenvalue weighted by atomic mass is 16.7. The van der Waals surface area contributed by atoms with Crippen molar-refractivity contribution in [1.82, 2.24) is 10.2 Å². The van der Waals surface area contributed by atoms with E-state index in [9.17, 15) is 9.90 Å². The predicted octanol–water partition coefficient (Wildman–Crippen LogP) is 5.19. The Bertz CT molecular complexity index is 1440. The van der Waals surface area contributed by atoms with Gasteiger partial charge in [-0.2, -0.15) is 0 Å². The summed E-state index contributed by atoms with van der Waals surface area (Å²) in [5.74, 6) is -1.28. The molecule has 19 atom stereocenters. The predicted molar refractivity (Wildman–Crippen MR) is 220 cm³/mol. The van der Waals surface area contributed by atoms with Crippen molar-refractivity contribution in [3.63, 3.8) is 0 Å². The lowest BCUT2D eigenvalue weighted by molar-refractivity contribution is -0.314. The maximum Gasteiger partial charge on any atom is 0.306 e. The summed E-state index contributed by atoms with van der Waals surface area (Å²) in [6, 6.07) is 0.303. The van der Waals surface area contributed by atoms with Gasteiger partial charge in [-0.25, -0.2) is 0 Å². The van der Waals surface area contributed by atoms with Crippen LogP contribution in [0.5, 0.6) is 0 Å². The summed E-state index contributed by atoms with van der Waals surface area (Å²) < 4.78 is 50.2. The van der Waals surface area contributed by atoms with Crippen molar-refractivity contribution >= 4 is 11.8 Å². The van der Waals surface area contributed by atoms with Gasteiger partial charge in [0.05, 0.1) is 36.9 Å². The monoisotopic (exact) mass is 833 g/mol. The van der Waals surface area contributed by atoms with Crippen LogP contribution in [0.4, 0.5) is 0 Å². The minimum atomic E-state index is -0.682. The fourth-order valence-electron chi connectivity index (χ4n) is 12.6. The van der Waals surface area contributed by atoms with Crippen LogP contribution in [0.3, 0.4) is 0 Å². The number of esters is 1. The molecule has 2 N–H and O–H groups in total. The Labute approximate surface area is 353 Å². The minimum absolute atomic E-state index is 0.00923. The highest BCUT2D eigenvalue weighted by Gasteiger charge is 2.60. The fourth-order valence-corrected chi connectivity index (χ4v) is 12.6. The third-order valence-corrected chi connectivity index (χ3v) is 15.7. The van der Waals surface area contributed by atoms with Gasteiger partial charge in [-0.05, 0) is 121 Å². The lowest BCUT2D eigenvalue weighted by Gasteiger charge is -2.48. The molecule has 7 rings (SSSR count). The molecule has 59 heavy (non-hydrogen) atoms. The van der Waals surface area contributed by atoms with Crippen LogP contribution >= 0.6 is 0 Å². The van der Waals surface area contributed by atoms with Gasteiger partial charge in [0.2, 0.25) is 0 Å². The second kappa shape index (κ2) is 19.9. The highest BCUT2D eigenvalue weighted by molar-refractivity contribution is 5.99. The molecule has 13 nitrogen and oxygen atoms in total. The number of ether oxygens (including phenoxy) is 8. The number of allylic oxidation sites excluding steroid dienone is 2. The van der Waals surface area contributed by atoms with Crippen molar-refractivity contribution in [2.75, 3.05) is 35.4 Å². The van der Waals surface area contributed by atoms with Gasteiger partial charge in [-0.3, -0.25) is 9.59 Å². The van der Waals surface area contributed by atoms with E-state index in [2.05, 4.69) is 44.2 Å². The first-order chi connectivity index (χ1) is 28.4. The van der Waals surface area contributed by atoms with Crippen molar-refractivity contribution < 1.29 is 52.6 Å². The zero-order valence-electron chi connectivity index (χ0n) is 37.3. The molecule has 6 fully saturated rings. The molecule has 0 aromatic rings. The van der Waals surface area contributed by atoms with E-state index in [0.717, 1.165) is 51.4 Å². The number of likely N-dealkylation sites (N-methyl/N-ethyl adjacent to an activating group) is 1. The molecule has 0 radical (unpaired) electrons. The van der Waals surface area contributed by atoms with E-state index >= 15 is 4.79 Å². The molecular formula is C46H76N2O11. The Kier molecular flexibility index (Phi) is 15.3. The van der Waals surface area contributed by atoms with E-state index < -0.39 is 30.3 Å². The number of methoxy groups -OCH3 is 3. The maximum absolute atomic E-state index is 15.1. The van der Waals surface area contributed by atoms with E-state index in [1.807, 2.05) is 13.8 Å². The number of ketones is 1. The molecule has 0 bridgehead atoms. The molecule has 13 heteroatoms. The van der Waals surface area contributed by atoms with Crippen molar-refractivity contribution in [3.8, 4) is 0 Å². The third kappa shape index (κ3) is 9.55. The van der Waals surface area contributed by atoms with Gasteiger partial charge in [-0.1, -0.05) is 32.8 Å². The molecule has 3 unspecified atom stereocenters. The van der Waals surface area contributed by atoms with Crippen LogP contribution in [-0.4, -0.2) is 143 Å². The molecule has 0 spiro atoms. The minimum Gasteiger partial charge on any atom is -0.462 e. The van der Waals surface area contributed by atoms with Gasteiger partial charge in [0.25, 0.3) is 0 Å². The molecular weight excluding hydrogens is 757 g/mol. The molecule has 7 aliphatic rings. The topological polar surface area (TPSA) is 143 Å². The molecule has 0 aromatic carbocycles. The number of carbonyl (C=O) groups is 2. The van der Waals surface area contributed by atoms with Crippen molar-refractivity contribution in [1.29, 1.82) is 0 Å². The van der Waals surface area contributed by atoms with Gasteiger partial charge in [0, 0.05) is 51.3 Å². The van der Waals surface area contributed by atoms with E-state index in [4.69, 9.17) is 37.9 Å². The van der Waals surface area contributed by atoms with Crippen molar-refractivity contribution in [2.45, 2.75) is 197 Å². The Hall–Kier alpha value is -1.52. The second-order valence-electron chi connectivity index (χ2n) is 19.3. The normalized spacial score (nSPS) is 46.2. The van der Waals surface area contributed by atoms with Crippen molar-refractivity contribution in [3.05, 3.63) is 11.6 Å². The third-order valence-electron chi connectivity index (χ3n) is 15.7. The van der Waals surface area contributed by atoms with Crippen LogP contribution in [0.2, 0.25) is 0 Å². The van der Waals surface area contributed by atoms with E-state index in [-0.39, 0.29) is 103 Å². The van der Waals surface area contributed by atoms with Crippen LogP contribution < -0.4 is 5.32 Å². The number of nitrogens with one attached hydrogen (secondary N) is 1. The zero-order valence-corrected chi connectivity index (χ0v) is 37.3. The summed E-state index contributed by atoms with van der Waals surface area (Å²) in [5, 5.41) is 16.5. The maximum atomic E-state index is 15.1. The largest absolute Gasteiger partial charge is 0.462 e. The van der Waals surface area contributed by atoms with Crippen LogP contribution in [0, 0.1) is 35.5 Å². The quantitative estimate of drug-likeness (QED) is 0.264. The summed E-state index contributed by atoms with van der Waals surface area (Å²) >= 11 is 0.